The van der Waals surface area contributed by atoms with Crippen molar-refractivity contribution >= 4 is 27.5 Å². The normalized spacial score (nSPS) is 14.1. The van der Waals surface area contributed by atoms with E-state index in [1.807, 2.05) is 49.8 Å². The van der Waals surface area contributed by atoms with Crippen molar-refractivity contribution in [2.75, 3.05) is 7.05 Å². The van der Waals surface area contributed by atoms with Crippen molar-refractivity contribution in [3.05, 3.63) is 63.3 Å². The van der Waals surface area contributed by atoms with Crippen LogP contribution in [0, 0.1) is 0 Å². The Hall–Kier alpha value is -0.900. The molecule has 19 heavy (non-hydrogen) atoms. The van der Waals surface area contributed by atoms with Crippen LogP contribution in [-0.2, 0) is 0 Å². The van der Waals surface area contributed by atoms with E-state index in [1.165, 1.54) is 11.1 Å². The monoisotopic (exact) mass is 338 g/mol. The zero-order valence-electron chi connectivity index (χ0n) is 10.9. The molecule has 1 aromatic heterocycles. The molecular formula is C15H16BrClN2. The van der Waals surface area contributed by atoms with Gasteiger partial charge in [0.05, 0.1) is 0 Å². The standard InChI is InChI=1S/C15H16BrClN2/c1-10(11-5-7-19-8-6-11)15(18-2)13-9-12(17)3-4-14(13)16/h3-10,15,18H,1-2H3. The summed E-state index contributed by atoms with van der Waals surface area (Å²) < 4.78 is 1.07. The van der Waals surface area contributed by atoms with Gasteiger partial charge < -0.3 is 5.32 Å². The average Bonchev–Trinajstić information content (AvgIpc) is 2.44. The number of nitrogens with one attached hydrogen (secondary N) is 1. The van der Waals surface area contributed by atoms with E-state index in [0.717, 1.165) is 9.50 Å². The number of benzene rings is 1. The summed E-state index contributed by atoms with van der Waals surface area (Å²) in [5, 5.41) is 4.13. The van der Waals surface area contributed by atoms with Crippen molar-refractivity contribution in [2.45, 2.75) is 18.9 Å². The molecule has 1 heterocycles. The van der Waals surface area contributed by atoms with Gasteiger partial charge in [-0.3, -0.25) is 4.98 Å². The highest BCUT2D eigenvalue weighted by atomic mass is 79.9. The van der Waals surface area contributed by atoms with Crippen molar-refractivity contribution in [3.63, 3.8) is 0 Å². The van der Waals surface area contributed by atoms with Crippen LogP contribution in [0.2, 0.25) is 5.02 Å². The Morgan fingerprint density at radius 3 is 2.53 bits per heavy atom. The molecule has 0 fully saturated rings. The van der Waals surface area contributed by atoms with E-state index in [9.17, 15) is 0 Å². The number of rotatable bonds is 4. The highest BCUT2D eigenvalue weighted by Gasteiger charge is 2.21. The molecular weight excluding hydrogens is 324 g/mol. The minimum Gasteiger partial charge on any atom is -0.312 e. The fourth-order valence-electron chi connectivity index (χ4n) is 2.29. The van der Waals surface area contributed by atoms with Gasteiger partial charge in [0.15, 0.2) is 0 Å². The summed E-state index contributed by atoms with van der Waals surface area (Å²) in [6.45, 7) is 2.20. The predicted molar refractivity (Wildman–Crippen MR) is 83.6 cm³/mol. The first-order valence-corrected chi connectivity index (χ1v) is 7.32. The molecule has 2 aromatic rings. The number of pyridine rings is 1. The Balaban J connectivity index is 2.37. The fourth-order valence-corrected chi connectivity index (χ4v) is 2.96. The number of hydrogen-bond donors (Lipinski definition) is 1. The van der Waals surface area contributed by atoms with Gasteiger partial charge in [0.1, 0.15) is 0 Å². The molecule has 1 aromatic carbocycles. The molecule has 2 rings (SSSR count). The number of nitrogens with zero attached hydrogens (tertiary/aromatic N) is 1. The van der Waals surface area contributed by atoms with E-state index in [2.05, 4.69) is 33.2 Å². The van der Waals surface area contributed by atoms with Gasteiger partial charge in [-0.15, -0.1) is 0 Å². The topological polar surface area (TPSA) is 24.9 Å². The maximum Gasteiger partial charge on any atom is 0.0410 e. The van der Waals surface area contributed by atoms with Gasteiger partial charge in [-0.1, -0.05) is 34.5 Å². The molecule has 0 saturated carbocycles. The molecule has 2 unspecified atom stereocenters. The number of hydrogen-bond acceptors (Lipinski definition) is 2. The van der Waals surface area contributed by atoms with Crippen LogP contribution in [0.1, 0.15) is 30.0 Å². The van der Waals surface area contributed by atoms with Gasteiger partial charge in [0.25, 0.3) is 0 Å². The van der Waals surface area contributed by atoms with Crippen LogP contribution < -0.4 is 5.32 Å². The van der Waals surface area contributed by atoms with Gasteiger partial charge >= 0.3 is 0 Å². The molecule has 0 aliphatic carbocycles. The zero-order chi connectivity index (χ0) is 13.8. The van der Waals surface area contributed by atoms with Crippen molar-refractivity contribution < 1.29 is 0 Å². The smallest absolute Gasteiger partial charge is 0.0410 e. The van der Waals surface area contributed by atoms with Gasteiger partial charge in [-0.2, -0.15) is 0 Å². The first kappa shape index (κ1) is 14.5. The van der Waals surface area contributed by atoms with Gasteiger partial charge in [-0.05, 0) is 48.5 Å². The maximum absolute atomic E-state index is 6.11. The van der Waals surface area contributed by atoms with Crippen LogP contribution in [0.5, 0.6) is 0 Å². The molecule has 0 aliphatic heterocycles. The Bertz CT molecular complexity index is 545. The molecule has 0 aliphatic rings. The summed E-state index contributed by atoms with van der Waals surface area (Å²) in [5.41, 5.74) is 2.42. The van der Waals surface area contributed by atoms with E-state index in [-0.39, 0.29) is 6.04 Å². The molecule has 2 nitrogen and oxygen atoms in total. The Morgan fingerprint density at radius 1 is 1.21 bits per heavy atom. The number of halogens is 2. The first-order chi connectivity index (χ1) is 9.13. The van der Waals surface area contributed by atoms with E-state index >= 15 is 0 Å². The lowest BCUT2D eigenvalue weighted by molar-refractivity contribution is 0.506. The van der Waals surface area contributed by atoms with E-state index in [1.54, 1.807) is 0 Å². The Morgan fingerprint density at radius 2 is 1.89 bits per heavy atom. The summed E-state index contributed by atoms with van der Waals surface area (Å²) in [4.78, 5) is 4.07. The molecule has 1 N–H and O–H groups in total. The van der Waals surface area contributed by atoms with Crippen LogP contribution in [0.4, 0.5) is 0 Å². The Kier molecular flexibility index (Phi) is 4.97. The van der Waals surface area contributed by atoms with Crippen molar-refractivity contribution in [1.82, 2.24) is 10.3 Å². The van der Waals surface area contributed by atoms with Gasteiger partial charge in [0.2, 0.25) is 0 Å². The fraction of sp³-hybridized carbons (Fsp3) is 0.267. The highest BCUT2D eigenvalue weighted by molar-refractivity contribution is 9.10. The minimum atomic E-state index is 0.190. The third-order valence-corrected chi connectivity index (χ3v) is 4.29. The minimum absolute atomic E-state index is 0.190. The highest BCUT2D eigenvalue weighted by Crippen LogP contribution is 2.35. The van der Waals surface area contributed by atoms with E-state index < -0.39 is 0 Å². The Labute approximate surface area is 127 Å². The molecule has 2 atom stereocenters. The second-order valence-electron chi connectivity index (χ2n) is 4.50. The van der Waals surface area contributed by atoms with Crippen molar-refractivity contribution in [2.24, 2.45) is 0 Å². The molecule has 100 valence electrons. The largest absolute Gasteiger partial charge is 0.312 e. The number of likely N-dealkylation sites (N-methyl/N-ethyl adjacent to an activating group) is 1. The molecule has 0 bridgehead atoms. The third kappa shape index (κ3) is 3.35. The summed E-state index contributed by atoms with van der Waals surface area (Å²) in [7, 11) is 1.97. The summed E-state index contributed by atoms with van der Waals surface area (Å²) in [6, 6.07) is 10.2. The lowest BCUT2D eigenvalue weighted by atomic mass is 9.89. The van der Waals surface area contributed by atoms with Crippen molar-refractivity contribution in [1.29, 1.82) is 0 Å². The third-order valence-electron chi connectivity index (χ3n) is 3.34. The summed E-state index contributed by atoms with van der Waals surface area (Å²) in [6.07, 6.45) is 3.65. The van der Waals surface area contributed by atoms with Crippen molar-refractivity contribution in [3.8, 4) is 0 Å². The number of aromatic nitrogens is 1. The van der Waals surface area contributed by atoms with Crippen LogP contribution in [0.3, 0.4) is 0 Å². The molecule has 0 radical (unpaired) electrons. The van der Waals surface area contributed by atoms with E-state index in [4.69, 9.17) is 11.6 Å². The van der Waals surface area contributed by atoms with Crippen LogP contribution >= 0.6 is 27.5 Å². The molecule has 0 spiro atoms. The summed E-state index contributed by atoms with van der Waals surface area (Å²) in [5.74, 6) is 0.322. The quantitative estimate of drug-likeness (QED) is 0.883. The van der Waals surface area contributed by atoms with Gasteiger partial charge in [0, 0.05) is 33.8 Å². The summed E-state index contributed by atoms with van der Waals surface area (Å²) >= 11 is 9.71. The average molecular weight is 340 g/mol. The molecule has 0 saturated heterocycles. The van der Waals surface area contributed by atoms with Crippen LogP contribution in [0.15, 0.2) is 47.2 Å². The first-order valence-electron chi connectivity index (χ1n) is 6.15. The van der Waals surface area contributed by atoms with Gasteiger partial charge in [-0.25, -0.2) is 0 Å². The second kappa shape index (κ2) is 6.51. The van der Waals surface area contributed by atoms with E-state index in [0.29, 0.717) is 5.92 Å². The lowest BCUT2D eigenvalue weighted by Crippen LogP contribution is -2.22. The maximum atomic E-state index is 6.11. The second-order valence-corrected chi connectivity index (χ2v) is 5.79. The van der Waals surface area contributed by atoms with Crippen LogP contribution in [-0.4, -0.2) is 12.0 Å². The van der Waals surface area contributed by atoms with Crippen LogP contribution in [0.25, 0.3) is 0 Å². The molecule has 0 amide bonds. The molecule has 4 heteroatoms. The SMILES string of the molecule is CNC(c1cc(Cl)ccc1Br)C(C)c1ccncc1. The lowest BCUT2D eigenvalue weighted by Gasteiger charge is -2.25. The zero-order valence-corrected chi connectivity index (χ0v) is 13.2. The predicted octanol–water partition coefficient (Wildman–Crippen LogP) is 4.56.